The van der Waals surface area contributed by atoms with Gasteiger partial charge in [-0.05, 0) is 19.3 Å². The van der Waals surface area contributed by atoms with E-state index in [-0.39, 0.29) is 11.8 Å². The molecule has 100 valence electrons. The van der Waals surface area contributed by atoms with E-state index in [0.717, 1.165) is 25.0 Å². The Kier molecular flexibility index (Phi) is 6.11. The van der Waals surface area contributed by atoms with E-state index in [9.17, 15) is 4.79 Å². The Morgan fingerprint density at radius 1 is 1.33 bits per heavy atom. The first-order chi connectivity index (χ1) is 8.63. The molecule has 2 rings (SSSR count). The summed E-state index contributed by atoms with van der Waals surface area (Å²) in [6.45, 7) is 2.03. The van der Waals surface area contributed by atoms with Crippen molar-refractivity contribution in [1.29, 1.82) is 0 Å². The van der Waals surface area contributed by atoms with Crippen molar-refractivity contribution in [2.75, 3.05) is 5.73 Å². The molecule has 0 saturated heterocycles. The van der Waals surface area contributed by atoms with Crippen molar-refractivity contribution in [3.8, 4) is 0 Å². The van der Waals surface area contributed by atoms with Crippen LogP contribution in [0.2, 0.25) is 0 Å². The maximum Gasteiger partial charge on any atom is 0.220 e. The van der Waals surface area contributed by atoms with Crippen molar-refractivity contribution >= 4 is 11.7 Å². The third kappa shape index (κ3) is 5.12. The number of carbonyl (C=O) groups is 1. The Hall–Kier alpha value is -1.65. The van der Waals surface area contributed by atoms with Gasteiger partial charge in [0.15, 0.2) is 0 Å². The molecule has 1 aromatic heterocycles. The van der Waals surface area contributed by atoms with Crippen molar-refractivity contribution in [1.82, 2.24) is 9.97 Å². The van der Waals surface area contributed by atoms with E-state index in [4.69, 9.17) is 11.5 Å². The number of anilines is 1. The van der Waals surface area contributed by atoms with Gasteiger partial charge < -0.3 is 11.5 Å². The smallest absolute Gasteiger partial charge is 0.220 e. The van der Waals surface area contributed by atoms with Crippen LogP contribution in [0.25, 0.3) is 0 Å². The lowest BCUT2D eigenvalue weighted by Gasteiger charge is -2.17. The summed E-state index contributed by atoms with van der Waals surface area (Å²) in [5, 5.41) is 0. The van der Waals surface area contributed by atoms with Crippen LogP contribution < -0.4 is 11.5 Å². The van der Waals surface area contributed by atoms with Crippen LogP contribution in [-0.4, -0.2) is 15.9 Å². The summed E-state index contributed by atoms with van der Waals surface area (Å²) >= 11 is 0. The highest BCUT2D eigenvalue weighted by atomic mass is 16.1. The number of aryl methyl sites for hydroxylation is 1. The average molecular weight is 250 g/mol. The zero-order valence-corrected chi connectivity index (χ0v) is 10.9. The van der Waals surface area contributed by atoms with Gasteiger partial charge in [0.1, 0.15) is 12.1 Å². The Bertz CT molecular complexity index is 375. The Balaban J connectivity index is 0.000000180. The van der Waals surface area contributed by atoms with Gasteiger partial charge in [0.05, 0.1) is 0 Å². The third-order valence-electron chi connectivity index (χ3n) is 3.11. The van der Waals surface area contributed by atoms with Crippen LogP contribution in [0.4, 0.5) is 5.82 Å². The normalized spacial score (nSPS) is 15.6. The number of hydrogen-bond acceptors (Lipinski definition) is 4. The fourth-order valence-corrected chi connectivity index (χ4v) is 2.00. The van der Waals surface area contributed by atoms with Gasteiger partial charge in [0.2, 0.25) is 5.91 Å². The van der Waals surface area contributed by atoms with Gasteiger partial charge in [0.25, 0.3) is 0 Å². The van der Waals surface area contributed by atoms with E-state index in [2.05, 4.69) is 9.97 Å². The van der Waals surface area contributed by atoms with Crippen molar-refractivity contribution in [2.45, 2.75) is 45.4 Å². The third-order valence-corrected chi connectivity index (χ3v) is 3.11. The maximum absolute atomic E-state index is 10.6. The second-order valence-electron chi connectivity index (χ2n) is 4.53. The molecule has 18 heavy (non-hydrogen) atoms. The first kappa shape index (κ1) is 14.4. The van der Waals surface area contributed by atoms with Crippen LogP contribution in [0, 0.1) is 5.92 Å². The van der Waals surface area contributed by atoms with Gasteiger partial charge >= 0.3 is 0 Å². The monoisotopic (exact) mass is 250 g/mol. The molecule has 4 N–H and O–H groups in total. The number of rotatable bonds is 2. The Morgan fingerprint density at radius 3 is 2.39 bits per heavy atom. The minimum atomic E-state index is -0.102. The predicted molar refractivity (Wildman–Crippen MR) is 71.6 cm³/mol. The molecule has 1 saturated carbocycles. The molecular weight excluding hydrogens is 228 g/mol. The molecule has 1 heterocycles. The standard InChI is InChI=1S/C7H13NO.C6H9N3/c8-7(9)6-4-2-1-3-5-6;1-2-5-3-6(7)9-4-8-5/h6H,1-5H2,(H2,8,9);3-4H,2H2,1H3,(H2,7,8,9). The van der Waals surface area contributed by atoms with Crippen molar-refractivity contribution < 1.29 is 4.79 Å². The molecule has 0 bridgehead atoms. The SMILES string of the molecule is CCc1cc(N)ncn1.NC(=O)C1CCCCC1. The summed E-state index contributed by atoms with van der Waals surface area (Å²) < 4.78 is 0. The number of aromatic nitrogens is 2. The van der Waals surface area contributed by atoms with Crippen LogP contribution in [0.3, 0.4) is 0 Å². The molecule has 0 aromatic carbocycles. The van der Waals surface area contributed by atoms with Crippen LogP contribution in [0.15, 0.2) is 12.4 Å². The molecule has 5 nitrogen and oxygen atoms in total. The van der Waals surface area contributed by atoms with Gasteiger partial charge in [-0.15, -0.1) is 0 Å². The van der Waals surface area contributed by atoms with Crippen LogP contribution >= 0.6 is 0 Å². The second kappa shape index (κ2) is 7.63. The molecular formula is C13H22N4O. The maximum atomic E-state index is 10.6. The zero-order valence-electron chi connectivity index (χ0n) is 10.9. The van der Waals surface area contributed by atoms with Crippen molar-refractivity contribution in [3.63, 3.8) is 0 Å². The van der Waals surface area contributed by atoms with Crippen LogP contribution in [0.1, 0.15) is 44.7 Å². The minimum absolute atomic E-state index is 0.102. The summed E-state index contributed by atoms with van der Waals surface area (Å²) in [5.74, 6) is 0.635. The molecule has 5 heteroatoms. The fourth-order valence-electron chi connectivity index (χ4n) is 2.00. The number of nitrogens with zero attached hydrogens (tertiary/aromatic N) is 2. The Morgan fingerprint density at radius 2 is 2.00 bits per heavy atom. The zero-order chi connectivity index (χ0) is 13.4. The van der Waals surface area contributed by atoms with E-state index >= 15 is 0 Å². The number of carbonyl (C=O) groups excluding carboxylic acids is 1. The molecule has 0 radical (unpaired) electrons. The van der Waals surface area contributed by atoms with E-state index < -0.39 is 0 Å². The molecule has 0 aliphatic heterocycles. The molecule has 0 unspecified atom stereocenters. The molecule has 1 aliphatic rings. The van der Waals surface area contributed by atoms with Crippen LogP contribution in [-0.2, 0) is 11.2 Å². The van der Waals surface area contributed by atoms with E-state index in [1.54, 1.807) is 6.07 Å². The first-order valence-corrected chi connectivity index (χ1v) is 6.49. The van der Waals surface area contributed by atoms with E-state index in [1.165, 1.54) is 25.6 Å². The molecule has 1 fully saturated rings. The fraction of sp³-hybridized carbons (Fsp3) is 0.615. The van der Waals surface area contributed by atoms with E-state index in [0.29, 0.717) is 5.82 Å². The highest BCUT2D eigenvalue weighted by Gasteiger charge is 2.17. The highest BCUT2D eigenvalue weighted by molar-refractivity contribution is 5.76. The van der Waals surface area contributed by atoms with Crippen molar-refractivity contribution in [2.24, 2.45) is 11.7 Å². The number of nitrogen functional groups attached to an aromatic ring is 1. The van der Waals surface area contributed by atoms with Gasteiger partial charge in [0, 0.05) is 17.7 Å². The predicted octanol–water partition coefficient (Wildman–Crippen LogP) is 1.67. The summed E-state index contributed by atoms with van der Waals surface area (Å²) in [7, 11) is 0. The highest BCUT2D eigenvalue weighted by Crippen LogP contribution is 2.22. The summed E-state index contributed by atoms with van der Waals surface area (Å²) in [6.07, 6.45) is 8.09. The number of hydrogen-bond donors (Lipinski definition) is 2. The summed E-state index contributed by atoms with van der Waals surface area (Å²) in [4.78, 5) is 18.3. The minimum Gasteiger partial charge on any atom is -0.384 e. The first-order valence-electron chi connectivity index (χ1n) is 6.49. The quantitative estimate of drug-likeness (QED) is 0.834. The molecule has 0 atom stereocenters. The van der Waals surface area contributed by atoms with Gasteiger partial charge in [-0.3, -0.25) is 4.79 Å². The summed E-state index contributed by atoms with van der Waals surface area (Å²) in [5.41, 5.74) is 11.5. The molecule has 0 spiro atoms. The number of nitrogens with two attached hydrogens (primary N) is 2. The van der Waals surface area contributed by atoms with Gasteiger partial charge in [-0.25, -0.2) is 9.97 Å². The topological polar surface area (TPSA) is 94.9 Å². The molecule has 1 amide bonds. The lowest BCUT2D eigenvalue weighted by molar-refractivity contribution is -0.122. The lowest BCUT2D eigenvalue weighted by Crippen LogP contribution is -2.24. The van der Waals surface area contributed by atoms with Crippen LogP contribution in [0.5, 0.6) is 0 Å². The number of amides is 1. The second-order valence-corrected chi connectivity index (χ2v) is 4.53. The largest absolute Gasteiger partial charge is 0.384 e. The van der Waals surface area contributed by atoms with Crippen molar-refractivity contribution in [3.05, 3.63) is 18.1 Å². The lowest BCUT2D eigenvalue weighted by atomic mass is 9.89. The van der Waals surface area contributed by atoms with E-state index in [1.807, 2.05) is 6.92 Å². The molecule has 1 aromatic rings. The average Bonchev–Trinajstić information content (AvgIpc) is 2.40. The molecule has 1 aliphatic carbocycles. The number of primary amides is 1. The Labute approximate surface area is 108 Å². The van der Waals surface area contributed by atoms with Gasteiger partial charge in [-0.2, -0.15) is 0 Å². The summed E-state index contributed by atoms with van der Waals surface area (Å²) in [6, 6.07) is 1.78. The van der Waals surface area contributed by atoms with Gasteiger partial charge in [-0.1, -0.05) is 26.2 Å².